The fourth-order valence-corrected chi connectivity index (χ4v) is 3.40. The molecule has 2 aromatic carbocycles. The van der Waals surface area contributed by atoms with Crippen LogP contribution in [0.25, 0.3) is 0 Å². The molecule has 5 nitrogen and oxygen atoms in total. The lowest BCUT2D eigenvalue weighted by Gasteiger charge is -2.31. The molecular weight excluding hydrogens is 369 g/mol. The monoisotopic (exact) mass is 393 g/mol. The smallest absolute Gasteiger partial charge is 0.182 e. The van der Waals surface area contributed by atoms with Crippen LogP contribution >= 0.6 is 0 Å². The molecule has 1 aliphatic rings. The van der Waals surface area contributed by atoms with E-state index in [0.29, 0.717) is 24.7 Å². The predicted octanol–water partition coefficient (Wildman–Crippen LogP) is 4.13. The maximum atomic E-state index is 13.9. The zero-order valence-corrected chi connectivity index (χ0v) is 16.3. The number of piperidine rings is 1. The van der Waals surface area contributed by atoms with E-state index in [4.69, 9.17) is 20.0 Å². The second kappa shape index (κ2) is 10.5. The van der Waals surface area contributed by atoms with Gasteiger partial charge in [-0.3, -0.25) is 0 Å². The molecule has 0 aliphatic carbocycles. The van der Waals surface area contributed by atoms with Gasteiger partial charge in [0.2, 0.25) is 0 Å². The van der Waals surface area contributed by atoms with Crippen molar-refractivity contribution in [2.75, 3.05) is 32.8 Å². The first-order valence-electron chi connectivity index (χ1n) is 9.86. The van der Waals surface area contributed by atoms with E-state index >= 15 is 0 Å². The van der Waals surface area contributed by atoms with E-state index in [2.05, 4.69) is 11.0 Å². The summed E-state index contributed by atoms with van der Waals surface area (Å²) in [4.78, 5) is 2.39. The van der Waals surface area contributed by atoms with Gasteiger partial charge in [0.05, 0.1) is 30.4 Å². The lowest BCUT2D eigenvalue weighted by Crippen LogP contribution is -2.36. The first-order valence-corrected chi connectivity index (χ1v) is 9.86. The van der Waals surface area contributed by atoms with Gasteiger partial charge in [0.15, 0.2) is 11.6 Å². The molecule has 1 fully saturated rings. The third-order valence-electron chi connectivity index (χ3n) is 5.14. The van der Waals surface area contributed by atoms with E-state index in [9.17, 15) is 4.39 Å². The summed E-state index contributed by atoms with van der Waals surface area (Å²) >= 11 is 0. The summed E-state index contributed by atoms with van der Waals surface area (Å²) in [5.74, 6) is 0.887. The number of halogens is 1. The van der Waals surface area contributed by atoms with Crippen molar-refractivity contribution in [2.24, 2.45) is 5.92 Å². The summed E-state index contributed by atoms with van der Waals surface area (Å²) in [6, 6.07) is 15.7. The number of hydrogen-bond acceptors (Lipinski definition) is 5. The fraction of sp³-hybridized carbons (Fsp3) is 0.391. The minimum atomic E-state index is -0.585. The molecule has 0 aromatic heterocycles. The summed E-state index contributed by atoms with van der Waals surface area (Å²) in [6.45, 7) is 4.05. The van der Waals surface area contributed by atoms with Crippen molar-refractivity contribution in [1.29, 1.82) is 10.5 Å². The molecule has 2 aromatic rings. The van der Waals surface area contributed by atoms with Gasteiger partial charge in [-0.1, -0.05) is 6.07 Å². The highest BCUT2D eigenvalue weighted by Crippen LogP contribution is 2.21. The molecule has 0 bridgehead atoms. The Bertz CT molecular complexity index is 878. The Morgan fingerprint density at radius 2 is 1.76 bits per heavy atom. The van der Waals surface area contributed by atoms with E-state index in [-0.39, 0.29) is 11.3 Å². The number of benzene rings is 2. The third-order valence-corrected chi connectivity index (χ3v) is 5.14. The van der Waals surface area contributed by atoms with Gasteiger partial charge in [0, 0.05) is 6.54 Å². The van der Waals surface area contributed by atoms with E-state index < -0.39 is 5.82 Å². The first-order chi connectivity index (χ1) is 14.2. The Morgan fingerprint density at radius 3 is 2.45 bits per heavy atom. The van der Waals surface area contributed by atoms with Crippen LogP contribution in [0.2, 0.25) is 0 Å². The minimum Gasteiger partial charge on any atom is -0.493 e. The van der Waals surface area contributed by atoms with E-state index in [1.807, 2.05) is 18.2 Å². The molecule has 1 heterocycles. The van der Waals surface area contributed by atoms with E-state index in [1.54, 1.807) is 24.3 Å². The topological polar surface area (TPSA) is 69.3 Å². The molecule has 0 N–H and O–H groups in total. The zero-order valence-electron chi connectivity index (χ0n) is 16.3. The molecule has 0 saturated carbocycles. The summed E-state index contributed by atoms with van der Waals surface area (Å²) in [7, 11) is 0. The summed E-state index contributed by atoms with van der Waals surface area (Å²) in [6.07, 6.45) is 2.97. The molecule has 0 amide bonds. The molecule has 0 spiro atoms. The number of nitriles is 2. The Hall–Kier alpha value is -3.09. The molecule has 150 valence electrons. The molecule has 1 saturated heterocycles. The normalized spacial score (nSPS) is 14.7. The van der Waals surface area contributed by atoms with Crippen LogP contribution in [0.15, 0.2) is 42.5 Å². The van der Waals surface area contributed by atoms with Crippen LogP contribution in [0.3, 0.4) is 0 Å². The van der Waals surface area contributed by atoms with Gasteiger partial charge in [0.25, 0.3) is 0 Å². The fourth-order valence-electron chi connectivity index (χ4n) is 3.40. The average molecular weight is 393 g/mol. The highest BCUT2D eigenvalue weighted by atomic mass is 19.1. The van der Waals surface area contributed by atoms with Crippen molar-refractivity contribution in [1.82, 2.24) is 4.90 Å². The van der Waals surface area contributed by atoms with Crippen LogP contribution in [-0.4, -0.2) is 37.7 Å². The number of hydrogen-bond donors (Lipinski definition) is 0. The molecule has 6 heteroatoms. The molecule has 3 rings (SSSR count). The minimum absolute atomic E-state index is 0.00722. The van der Waals surface area contributed by atoms with E-state index in [0.717, 1.165) is 44.6 Å². The van der Waals surface area contributed by atoms with E-state index in [1.165, 1.54) is 6.07 Å². The molecule has 0 radical (unpaired) electrons. The quantitative estimate of drug-likeness (QED) is 0.631. The van der Waals surface area contributed by atoms with Crippen LogP contribution in [-0.2, 0) is 0 Å². The second-order valence-corrected chi connectivity index (χ2v) is 7.16. The van der Waals surface area contributed by atoms with Gasteiger partial charge in [-0.25, -0.2) is 4.39 Å². The Balaban J connectivity index is 1.32. The van der Waals surface area contributed by atoms with Crippen LogP contribution in [0, 0.1) is 34.4 Å². The number of rotatable bonds is 8. The third kappa shape index (κ3) is 5.94. The Morgan fingerprint density at radius 1 is 1.00 bits per heavy atom. The van der Waals surface area contributed by atoms with Gasteiger partial charge in [-0.15, -0.1) is 0 Å². The standard InChI is InChI=1S/C23H24FN3O2/c24-23-20(16-26)3-1-4-22(23)28-14-2-11-27-12-9-19(10-13-27)17-29-21-7-5-18(15-25)6-8-21/h1,3-8,19H,2,9-14,17H2. The summed E-state index contributed by atoms with van der Waals surface area (Å²) in [5.41, 5.74) is 0.642. The lowest BCUT2D eigenvalue weighted by molar-refractivity contribution is 0.135. The SMILES string of the molecule is N#Cc1ccc(OCC2CCN(CCCOc3cccc(C#N)c3F)CC2)cc1. The maximum absolute atomic E-state index is 13.9. The van der Waals surface area contributed by atoms with Gasteiger partial charge in [0.1, 0.15) is 11.8 Å². The maximum Gasteiger partial charge on any atom is 0.182 e. The molecule has 0 unspecified atom stereocenters. The highest BCUT2D eigenvalue weighted by molar-refractivity contribution is 5.38. The van der Waals surface area contributed by atoms with Gasteiger partial charge < -0.3 is 14.4 Å². The lowest BCUT2D eigenvalue weighted by atomic mass is 9.98. The Labute approximate surface area is 170 Å². The zero-order chi connectivity index (χ0) is 20.5. The van der Waals surface area contributed by atoms with Crippen molar-refractivity contribution >= 4 is 0 Å². The number of ether oxygens (including phenoxy) is 2. The van der Waals surface area contributed by atoms with Crippen LogP contribution in [0.1, 0.15) is 30.4 Å². The first kappa shape index (κ1) is 20.6. The second-order valence-electron chi connectivity index (χ2n) is 7.16. The summed E-state index contributed by atoms with van der Waals surface area (Å²) in [5, 5.41) is 17.7. The van der Waals surface area contributed by atoms with Gasteiger partial charge in [-0.2, -0.15) is 10.5 Å². The van der Waals surface area contributed by atoms with Crippen molar-refractivity contribution in [2.45, 2.75) is 19.3 Å². The molecule has 29 heavy (non-hydrogen) atoms. The number of likely N-dealkylation sites (tertiary alicyclic amines) is 1. The van der Waals surface area contributed by atoms with Gasteiger partial charge in [-0.05, 0) is 74.7 Å². The molecule has 0 atom stereocenters. The summed E-state index contributed by atoms with van der Waals surface area (Å²) < 4.78 is 25.3. The molecular formula is C23H24FN3O2. The van der Waals surface area contributed by atoms with Crippen molar-refractivity contribution in [3.05, 3.63) is 59.4 Å². The van der Waals surface area contributed by atoms with Crippen LogP contribution in [0.5, 0.6) is 11.5 Å². The van der Waals surface area contributed by atoms with Crippen LogP contribution < -0.4 is 9.47 Å². The molecule has 1 aliphatic heterocycles. The highest BCUT2D eigenvalue weighted by Gasteiger charge is 2.19. The van der Waals surface area contributed by atoms with Crippen molar-refractivity contribution in [3.8, 4) is 23.6 Å². The van der Waals surface area contributed by atoms with Gasteiger partial charge >= 0.3 is 0 Å². The predicted molar refractivity (Wildman–Crippen MR) is 107 cm³/mol. The average Bonchev–Trinajstić information content (AvgIpc) is 2.77. The van der Waals surface area contributed by atoms with Crippen LogP contribution in [0.4, 0.5) is 4.39 Å². The largest absolute Gasteiger partial charge is 0.493 e. The number of nitrogens with zero attached hydrogens (tertiary/aromatic N) is 3. The van der Waals surface area contributed by atoms with Crippen molar-refractivity contribution in [3.63, 3.8) is 0 Å². The van der Waals surface area contributed by atoms with Crippen molar-refractivity contribution < 1.29 is 13.9 Å². The Kier molecular flexibility index (Phi) is 7.44.